The summed E-state index contributed by atoms with van der Waals surface area (Å²) in [4.78, 5) is 22.9. The van der Waals surface area contributed by atoms with Gasteiger partial charge >= 0.3 is 6.03 Å². The van der Waals surface area contributed by atoms with Crippen molar-refractivity contribution < 1.29 is 19.4 Å². The van der Waals surface area contributed by atoms with E-state index >= 15 is 0 Å². The summed E-state index contributed by atoms with van der Waals surface area (Å²) < 4.78 is 4.89. The average Bonchev–Trinajstić information content (AvgIpc) is 2.38. The van der Waals surface area contributed by atoms with Gasteiger partial charge in [0.25, 0.3) is 0 Å². The molecule has 2 unspecified atom stereocenters. The summed E-state index contributed by atoms with van der Waals surface area (Å²) in [6, 6.07) is -1.42. The number of aliphatic hydroxyl groups is 1. The van der Waals surface area contributed by atoms with Crippen LogP contribution in [-0.2, 0) is 9.53 Å². The van der Waals surface area contributed by atoms with Crippen molar-refractivity contribution in [3.05, 3.63) is 0 Å². The fourth-order valence-electron chi connectivity index (χ4n) is 1.49. The number of nitrogens with one attached hydrogen (secondary N) is 2. The van der Waals surface area contributed by atoms with Crippen LogP contribution < -0.4 is 16.4 Å². The van der Waals surface area contributed by atoms with E-state index in [0.717, 1.165) is 5.75 Å². The van der Waals surface area contributed by atoms with E-state index in [1.165, 1.54) is 0 Å². The maximum absolute atomic E-state index is 12.0. The lowest BCUT2D eigenvalue weighted by atomic mass is 10.0. The largest absolute Gasteiger partial charge is 0.388 e. The van der Waals surface area contributed by atoms with Crippen LogP contribution in [0.25, 0.3) is 0 Å². The van der Waals surface area contributed by atoms with Gasteiger partial charge in [-0.25, -0.2) is 4.79 Å². The minimum Gasteiger partial charge on any atom is -0.388 e. The zero-order chi connectivity index (χ0) is 15.6. The fraction of sp³-hybridized carbons (Fsp3) is 0.833. The van der Waals surface area contributed by atoms with E-state index < -0.39 is 17.7 Å². The van der Waals surface area contributed by atoms with Crippen molar-refractivity contribution in [2.45, 2.75) is 31.4 Å². The highest BCUT2D eigenvalue weighted by Gasteiger charge is 2.24. The van der Waals surface area contributed by atoms with Gasteiger partial charge in [-0.2, -0.15) is 11.8 Å². The van der Waals surface area contributed by atoms with Crippen LogP contribution in [0, 0.1) is 0 Å². The van der Waals surface area contributed by atoms with Crippen molar-refractivity contribution >= 4 is 23.7 Å². The Labute approximate surface area is 124 Å². The van der Waals surface area contributed by atoms with Gasteiger partial charge in [0.2, 0.25) is 5.91 Å². The van der Waals surface area contributed by atoms with Gasteiger partial charge in [0, 0.05) is 26.7 Å². The van der Waals surface area contributed by atoms with E-state index in [1.807, 2.05) is 6.26 Å². The van der Waals surface area contributed by atoms with Crippen LogP contribution in [-0.4, -0.2) is 61.0 Å². The number of amides is 3. The van der Waals surface area contributed by atoms with Crippen molar-refractivity contribution in [2.75, 3.05) is 32.3 Å². The normalized spacial score (nSPS) is 15.2. The Morgan fingerprint density at radius 2 is 2.15 bits per heavy atom. The molecule has 0 saturated heterocycles. The average molecular weight is 307 g/mol. The number of hydrogen-bond donors (Lipinski definition) is 4. The summed E-state index contributed by atoms with van der Waals surface area (Å²) in [6.45, 7) is 2.11. The van der Waals surface area contributed by atoms with Crippen LogP contribution in [0.5, 0.6) is 0 Å². The first kappa shape index (κ1) is 19.0. The minimum atomic E-state index is -1.05. The highest BCUT2D eigenvalue weighted by Crippen LogP contribution is 2.08. The zero-order valence-corrected chi connectivity index (χ0v) is 13.1. The molecular weight excluding hydrogens is 282 g/mol. The maximum atomic E-state index is 12.0. The third-order valence-corrected chi connectivity index (χ3v) is 3.38. The number of rotatable bonds is 10. The van der Waals surface area contributed by atoms with E-state index in [-0.39, 0.29) is 12.5 Å². The van der Waals surface area contributed by atoms with E-state index in [0.29, 0.717) is 19.4 Å². The summed E-state index contributed by atoms with van der Waals surface area (Å²) in [5.74, 6) is 0.369. The first-order chi connectivity index (χ1) is 9.32. The topological polar surface area (TPSA) is 114 Å². The van der Waals surface area contributed by atoms with E-state index in [2.05, 4.69) is 10.6 Å². The number of thioether (sulfide) groups is 1. The summed E-state index contributed by atoms with van der Waals surface area (Å²) in [6.07, 6.45) is 2.80. The Bertz CT molecular complexity index is 313. The van der Waals surface area contributed by atoms with E-state index in [4.69, 9.17) is 10.5 Å². The number of nitrogens with two attached hydrogens (primary N) is 1. The number of urea groups is 1. The molecule has 0 aliphatic heterocycles. The van der Waals surface area contributed by atoms with Crippen LogP contribution in [0.15, 0.2) is 0 Å². The van der Waals surface area contributed by atoms with Crippen LogP contribution in [0.4, 0.5) is 4.79 Å². The highest BCUT2D eigenvalue weighted by molar-refractivity contribution is 7.98. The fourth-order valence-corrected chi connectivity index (χ4v) is 1.96. The molecule has 0 fully saturated rings. The van der Waals surface area contributed by atoms with Crippen LogP contribution in [0.3, 0.4) is 0 Å². The summed E-state index contributed by atoms with van der Waals surface area (Å²) in [5, 5.41) is 15.0. The molecule has 2 atom stereocenters. The van der Waals surface area contributed by atoms with Crippen LogP contribution in [0.1, 0.15) is 19.8 Å². The lowest BCUT2D eigenvalue weighted by Crippen LogP contribution is -2.51. The monoisotopic (exact) mass is 307 g/mol. The molecule has 0 aromatic rings. The zero-order valence-electron chi connectivity index (χ0n) is 12.3. The molecule has 0 aliphatic rings. The molecule has 0 rings (SSSR count). The van der Waals surface area contributed by atoms with Crippen molar-refractivity contribution in [2.24, 2.45) is 5.73 Å². The molecule has 0 bridgehead atoms. The van der Waals surface area contributed by atoms with Crippen molar-refractivity contribution in [3.63, 3.8) is 0 Å². The summed E-state index contributed by atoms with van der Waals surface area (Å²) in [7, 11) is 1.55. The van der Waals surface area contributed by atoms with Gasteiger partial charge in [0.05, 0.1) is 5.60 Å². The molecule has 0 aliphatic carbocycles. The quantitative estimate of drug-likeness (QED) is 0.442. The standard InChI is InChI=1S/C12H25N3O4S/c1-12(18,5-6-19-2)8-14-10(16)9(4-7-20-3)15-11(13)17/h9,18H,4-8H2,1-3H3,(H,14,16)(H3,13,15,17). The molecule has 0 spiro atoms. The first-order valence-corrected chi connectivity index (χ1v) is 7.75. The Kier molecular flexibility index (Phi) is 9.35. The second kappa shape index (κ2) is 9.84. The van der Waals surface area contributed by atoms with Crippen LogP contribution >= 0.6 is 11.8 Å². The minimum absolute atomic E-state index is 0.0887. The van der Waals surface area contributed by atoms with Gasteiger partial charge in [0.1, 0.15) is 6.04 Å². The number of primary amides is 1. The number of ether oxygens (including phenoxy) is 1. The smallest absolute Gasteiger partial charge is 0.312 e. The van der Waals surface area contributed by atoms with Crippen molar-refractivity contribution in [1.29, 1.82) is 0 Å². The summed E-state index contributed by atoms with van der Waals surface area (Å²) >= 11 is 1.57. The molecular formula is C12H25N3O4S. The van der Waals surface area contributed by atoms with Crippen molar-refractivity contribution in [3.8, 4) is 0 Å². The summed E-state index contributed by atoms with van der Waals surface area (Å²) in [5.41, 5.74) is 3.99. The van der Waals surface area contributed by atoms with Crippen molar-refractivity contribution in [1.82, 2.24) is 10.6 Å². The molecule has 0 aromatic carbocycles. The first-order valence-electron chi connectivity index (χ1n) is 6.36. The predicted molar refractivity (Wildman–Crippen MR) is 79.6 cm³/mol. The number of hydrogen-bond acceptors (Lipinski definition) is 5. The lowest BCUT2D eigenvalue weighted by molar-refractivity contribution is -0.124. The third-order valence-electron chi connectivity index (χ3n) is 2.73. The van der Waals surface area contributed by atoms with E-state index in [1.54, 1.807) is 25.8 Å². The molecule has 20 heavy (non-hydrogen) atoms. The van der Waals surface area contributed by atoms with Gasteiger partial charge in [-0.15, -0.1) is 0 Å². The Morgan fingerprint density at radius 3 is 2.65 bits per heavy atom. The van der Waals surface area contributed by atoms with E-state index in [9.17, 15) is 14.7 Å². The number of carbonyl (C=O) groups excluding carboxylic acids is 2. The van der Waals surface area contributed by atoms with Gasteiger partial charge < -0.3 is 26.2 Å². The molecule has 0 radical (unpaired) electrons. The number of methoxy groups -OCH3 is 1. The van der Waals surface area contributed by atoms with Gasteiger partial charge in [-0.05, 0) is 25.4 Å². The Hall–Kier alpha value is -0.990. The maximum Gasteiger partial charge on any atom is 0.312 e. The molecule has 0 saturated carbocycles. The SMILES string of the molecule is COCCC(C)(O)CNC(=O)C(CCSC)NC(N)=O. The number of carbonyl (C=O) groups is 2. The molecule has 5 N–H and O–H groups in total. The van der Waals surface area contributed by atoms with Crippen LogP contribution in [0.2, 0.25) is 0 Å². The molecule has 0 aromatic heterocycles. The van der Waals surface area contributed by atoms with Gasteiger partial charge in [-0.1, -0.05) is 0 Å². The lowest BCUT2D eigenvalue weighted by Gasteiger charge is -2.25. The Morgan fingerprint density at radius 1 is 1.50 bits per heavy atom. The molecule has 8 heteroatoms. The third kappa shape index (κ3) is 9.00. The predicted octanol–water partition coefficient (Wildman–Crippen LogP) is -0.320. The second-order valence-corrected chi connectivity index (χ2v) is 5.79. The molecule has 0 heterocycles. The molecule has 3 amide bonds. The van der Waals surface area contributed by atoms with Gasteiger partial charge in [0.15, 0.2) is 0 Å². The Balaban J connectivity index is 4.33. The molecule has 118 valence electrons. The second-order valence-electron chi connectivity index (χ2n) is 4.80. The molecule has 7 nitrogen and oxygen atoms in total. The highest BCUT2D eigenvalue weighted by atomic mass is 32.2. The van der Waals surface area contributed by atoms with Gasteiger partial charge in [-0.3, -0.25) is 4.79 Å².